The Balaban J connectivity index is 1.57. The Hall–Kier alpha value is -4.35. The van der Waals surface area contributed by atoms with Gasteiger partial charge in [0.25, 0.3) is 10.0 Å². The standard InChI is InChI=1S/C27H25N5O5S/c1-16-5-3-6-17(2)25(16)22-12-24(37-23-15-29-14-19-13-28-10-9-21(19)23)31-27(30-22)32-38(35,36)20-8-4-7-18(11-20)26(33)34/h3-13,23,29H,14-15H2,1-2H3,(H,33,34)(H,30,31,32). The van der Waals surface area contributed by atoms with Crippen molar-refractivity contribution in [3.63, 3.8) is 0 Å². The predicted molar refractivity (Wildman–Crippen MR) is 140 cm³/mol. The minimum absolute atomic E-state index is 0.153. The number of carbonyl (C=O) groups is 1. The smallest absolute Gasteiger partial charge is 0.335 e. The first-order chi connectivity index (χ1) is 18.2. The lowest BCUT2D eigenvalue weighted by molar-refractivity contribution is 0.0696. The molecule has 1 atom stereocenters. The lowest BCUT2D eigenvalue weighted by Crippen LogP contribution is -2.31. The number of hydrogen-bond acceptors (Lipinski definition) is 8. The van der Waals surface area contributed by atoms with Crippen LogP contribution >= 0.6 is 0 Å². The van der Waals surface area contributed by atoms with Crippen LogP contribution in [-0.4, -0.2) is 41.0 Å². The fourth-order valence-corrected chi connectivity index (χ4v) is 5.44. The van der Waals surface area contributed by atoms with Gasteiger partial charge >= 0.3 is 5.97 Å². The molecule has 1 aliphatic rings. The van der Waals surface area contributed by atoms with Crippen molar-refractivity contribution in [3.05, 3.63) is 94.8 Å². The fraction of sp³-hybridized carbons (Fsp3) is 0.185. The average molecular weight is 532 g/mol. The highest BCUT2D eigenvalue weighted by atomic mass is 32.2. The van der Waals surface area contributed by atoms with E-state index in [1.54, 1.807) is 18.5 Å². The van der Waals surface area contributed by atoms with Gasteiger partial charge in [0, 0.05) is 42.7 Å². The van der Waals surface area contributed by atoms with Crippen molar-refractivity contribution in [1.82, 2.24) is 20.3 Å². The molecular formula is C27H25N5O5S. The van der Waals surface area contributed by atoms with Crippen LogP contribution in [0.5, 0.6) is 5.88 Å². The van der Waals surface area contributed by atoms with Crippen molar-refractivity contribution in [3.8, 4) is 17.1 Å². The third-order valence-electron chi connectivity index (χ3n) is 6.25. The normalized spacial score (nSPS) is 14.9. The number of nitrogens with one attached hydrogen (secondary N) is 2. The first kappa shape index (κ1) is 25.3. The number of hydrogen-bond donors (Lipinski definition) is 3. The van der Waals surface area contributed by atoms with Gasteiger partial charge in [0.2, 0.25) is 11.8 Å². The number of aryl methyl sites for hydroxylation is 2. The van der Waals surface area contributed by atoms with Crippen LogP contribution in [0.2, 0.25) is 0 Å². The Bertz CT molecular complexity index is 1620. The van der Waals surface area contributed by atoms with Gasteiger partial charge in [-0.15, -0.1) is 0 Å². The first-order valence-corrected chi connectivity index (χ1v) is 13.3. The van der Waals surface area contributed by atoms with Gasteiger partial charge in [-0.2, -0.15) is 4.98 Å². The van der Waals surface area contributed by atoms with E-state index in [9.17, 15) is 18.3 Å². The molecule has 10 nitrogen and oxygen atoms in total. The van der Waals surface area contributed by atoms with Crippen molar-refractivity contribution in [1.29, 1.82) is 0 Å². The molecule has 0 radical (unpaired) electrons. The Morgan fingerprint density at radius 1 is 1.08 bits per heavy atom. The summed E-state index contributed by atoms with van der Waals surface area (Å²) in [5.41, 5.74) is 5.05. The van der Waals surface area contributed by atoms with Crippen molar-refractivity contribution in [2.24, 2.45) is 0 Å². The number of sulfonamides is 1. The number of carboxylic acid groups (broad SMARTS) is 1. The Kier molecular flexibility index (Phi) is 6.79. The molecular weight excluding hydrogens is 506 g/mol. The largest absolute Gasteiger partial charge is 0.478 e. The third-order valence-corrected chi connectivity index (χ3v) is 7.58. The minimum atomic E-state index is -4.20. The Labute approximate surface area is 219 Å². The van der Waals surface area contributed by atoms with Gasteiger partial charge < -0.3 is 15.2 Å². The van der Waals surface area contributed by atoms with Crippen molar-refractivity contribution < 1.29 is 23.1 Å². The molecule has 0 fully saturated rings. The zero-order valence-electron chi connectivity index (χ0n) is 20.7. The average Bonchev–Trinajstić information content (AvgIpc) is 2.88. The first-order valence-electron chi connectivity index (χ1n) is 11.8. The highest BCUT2D eigenvalue weighted by molar-refractivity contribution is 7.92. The van der Waals surface area contributed by atoms with Gasteiger partial charge in [-0.05, 0) is 54.8 Å². The van der Waals surface area contributed by atoms with E-state index in [-0.39, 0.29) is 28.4 Å². The number of anilines is 1. The molecule has 194 valence electrons. The van der Waals surface area contributed by atoms with Gasteiger partial charge in [-0.3, -0.25) is 4.98 Å². The summed E-state index contributed by atoms with van der Waals surface area (Å²) in [4.78, 5) is 24.2. The summed E-state index contributed by atoms with van der Waals surface area (Å²) in [6.45, 7) is 5.09. The van der Waals surface area contributed by atoms with Crippen LogP contribution in [0.3, 0.4) is 0 Å². The quantitative estimate of drug-likeness (QED) is 0.324. The van der Waals surface area contributed by atoms with Crippen LogP contribution in [-0.2, 0) is 16.6 Å². The molecule has 5 rings (SSSR count). The topological polar surface area (TPSA) is 143 Å². The highest BCUT2D eigenvalue weighted by Gasteiger charge is 2.24. The second-order valence-electron chi connectivity index (χ2n) is 8.93. The molecule has 3 heterocycles. The van der Waals surface area contributed by atoms with E-state index in [4.69, 9.17) is 4.74 Å². The summed E-state index contributed by atoms with van der Waals surface area (Å²) in [5.74, 6) is -1.24. The molecule has 3 N–H and O–H groups in total. The van der Waals surface area contributed by atoms with Crippen LogP contribution in [0.25, 0.3) is 11.3 Å². The Morgan fingerprint density at radius 3 is 2.61 bits per heavy atom. The molecule has 0 aliphatic carbocycles. The van der Waals surface area contributed by atoms with Crippen LogP contribution < -0.4 is 14.8 Å². The second-order valence-corrected chi connectivity index (χ2v) is 10.6. The molecule has 0 saturated carbocycles. The zero-order chi connectivity index (χ0) is 26.9. The number of pyridine rings is 1. The van der Waals surface area contributed by atoms with E-state index in [1.165, 1.54) is 18.2 Å². The summed E-state index contributed by atoms with van der Waals surface area (Å²) in [6.07, 6.45) is 3.11. The molecule has 0 spiro atoms. The molecule has 38 heavy (non-hydrogen) atoms. The summed E-state index contributed by atoms with van der Waals surface area (Å²) in [7, 11) is -4.20. The number of aromatic carboxylic acids is 1. The van der Waals surface area contributed by atoms with E-state index in [1.807, 2.05) is 38.1 Å². The monoisotopic (exact) mass is 531 g/mol. The molecule has 2 aromatic carbocycles. The number of ether oxygens (including phenoxy) is 1. The van der Waals surface area contributed by atoms with E-state index in [0.717, 1.165) is 33.9 Å². The van der Waals surface area contributed by atoms with Crippen molar-refractivity contribution in [2.45, 2.75) is 31.4 Å². The summed E-state index contributed by atoms with van der Waals surface area (Å²) >= 11 is 0. The lowest BCUT2D eigenvalue weighted by Gasteiger charge is -2.26. The lowest BCUT2D eigenvalue weighted by atomic mass is 10.00. The number of rotatable bonds is 7. The van der Waals surface area contributed by atoms with Crippen LogP contribution in [0.15, 0.2) is 71.9 Å². The van der Waals surface area contributed by atoms with E-state index in [2.05, 4.69) is 25.0 Å². The van der Waals surface area contributed by atoms with Gasteiger partial charge in [-0.1, -0.05) is 24.3 Å². The molecule has 2 aromatic heterocycles. The van der Waals surface area contributed by atoms with Crippen molar-refractivity contribution >= 4 is 21.9 Å². The van der Waals surface area contributed by atoms with Gasteiger partial charge in [0.15, 0.2) is 0 Å². The molecule has 0 saturated heterocycles. The second kappa shape index (κ2) is 10.2. The zero-order valence-corrected chi connectivity index (χ0v) is 21.5. The van der Waals surface area contributed by atoms with Crippen LogP contribution in [0.4, 0.5) is 5.95 Å². The molecule has 0 bridgehead atoms. The highest BCUT2D eigenvalue weighted by Crippen LogP contribution is 2.32. The third kappa shape index (κ3) is 5.20. The van der Waals surface area contributed by atoms with Gasteiger partial charge in [-0.25, -0.2) is 22.9 Å². The van der Waals surface area contributed by atoms with E-state index in [0.29, 0.717) is 18.8 Å². The van der Waals surface area contributed by atoms with Crippen LogP contribution in [0.1, 0.15) is 38.7 Å². The van der Waals surface area contributed by atoms with Crippen molar-refractivity contribution in [2.75, 3.05) is 11.3 Å². The maximum atomic E-state index is 13.2. The number of benzene rings is 2. The SMILES string of the molecule is Cc1cccc(C)c1-c1cc(OC2CNCc3cnccc32)nc(NS(=O)(=O)c2cccc(C(=O)O)c2)n1. The maximum absolute atomic E-state index is 13.2. The minimum Gasteiger partial charge on any atom is -0.478 e. The molecule has 1 aliphatic heterocycles. The number of aromatic nitrogens is 3. The summed E-state index contributed by atoms with van der Waals surface area (Å²) in [6, 6.07) is 14.5. The molecule has 1 unspecified atom stereocenters. The van der Waals surface area contributed by atoms with E-state index < -0.39 is 16.0 Å². The number of carboxylic acids is 1. The maximum Gasteiger partial charge on any atom is 0.335 e. The Morgan fingerprint density at radius 2 is 1.84 bits per heavy atom. The molecule has 0 amide bonds. The summed E-state index contributed by atoms with van der Waals surface area (Å²) in [5, 5.41) is 12.6. The fourth-order valence-electron chi connectivity index (χ4n) is 4.45. The number of nitrogens with zero attached hydrogens (tertiary/aromatic N) is 3. The predicted octanol–water partition coefficient (Wildman–Crippen LogP) is 3.88. The van der Waals surface area contributed by atoms with Gasteiger partial charge in [0.1, 0.15) is 6.10 Å². The molecule has 11 heteroatoms. The molecule has 4 aromatic rings. The summed E-state index contributed by atoms with van der Waals surface area (Å²) < 4.78 is 35.0. The number of fused-ring (bicyclic) bond motifs is 1. The van der Waals surface area contributed by atoms with Gasteiger partial charge in [0.05, 0.1) is 16.2 Å². The van der Waals surface area contributed by atoms with E-state index >= 15 is 0 Å². The van der Waals surface area contributed by atoms with Crippen LogP contribution in [0, 0.1) is 13.8 Å².